The van der Waals surface area contributed by atoms with Gasteiger partial charge in [-0.2, -0.15) is 0 Å². The minimum Gasteiger partial charge on any atom is -0.384 e. The Kier molecular flexibility index (Phi) is 3.52. The smallest absolute Gasteiger partial charge is 0.126 e. The summed E-state index contributed by atoms with van der Waals surface area (Å²) in [5, 5.41) is 0. The Morgan fingerprint density at radius 3 is 2.64 bits per heavy atom. The Morgan fingerprint density at radius 1 is 1.57 bits per heavy atom. The van der Waals surface area contributed by atoms with Gasteiger partial charge in [-0.15, -0.1) is 0 Å². The van der Waals surface area contributed by atoms with E-state index in [0.29, 0.717) is 6.61 Å². The molecule has 1 rings (SSSR count). The van der Waals surface area contributed by atoms with Gasteiger partial charge in [0.25, 0.3) is 0 Å². The third kappa shape index (κ3) is 1.90. The number of nitrogens with zero attached hydrogens (tertiary/aromatic N) is 2. The van der Waals surface area contributed by atoms with Crippen LogP contribution in [0.25, 0.3) is 0 Å². The number of nitrogen functional groups attached to an aromatic ring is 1. The molecule has 0 saturated carbocycles. The highest BCUT2D eigenvalue weighted by atomic mass is 16.5. The predicted molar refractivity (Wildman–Crippen MR) is 57.3 cm³/mol. The SMILES string of the molecule is CCc1nc(C(C)COC)c(N)n1C. The number of ether oxygens (including phenoxy) is 1. The number of rotatable bonds is 4. The average Bonchev–Trinajstić information content (AvgIpc) is 2.44. The fourth-order valence-electron chi connectivity index (χ4n) is 1.59. The molecule has 14 heavy (non-hydrogen) atoms. The number of hydrogen-bond acceptors (Lipinski definition) is 3. The highest BCUT2D eigenvalue weighted by Gasteiger charge is 2.16. The summed E-state index contributed by atoms with van der Waals surface area (Å²) in [6, 6.07) is 0. The molecule has 1 unspecified atom stereocenters. The van der Waals surface area contributed by atoms with Gasteiger partial charge in [0.15, 0.2) is 0 Å². The van der Waals surface area contributed by atoms with Crippen molar-refractivity contribution in [2.75, 3.05) is 19.5 Å². The topological polar surface area (TPSA) is 53.1 Å². The van der Waals surface area contributed by atoms with Gasteiger partial charge >= 0.3 is 0 Å². The Balaban J connectivity index is 2.97. The summed E-state index contributed by atoms with van der Waals surface area (Å²) in [6.07, 6.45) is 0.903. The molecule has 1 aromatic rings. The first-order valence-electron chi connectivity index (χ1n) is 4.91. The number of hydrogen-bond donors (Lipinski definition) is 1. The number of nitrogens with two attached hydrogens (primary N) is 1. The van der Waals surface area contributed by atoms with Crippen LogP contribution in [0.3, 0.4) is 0 Å². The van der Waals surface area contributed by atoms with Crippen LogP contribution >= 0.6 is 0 Å². The Bertz CT molecular complexity index is 307. The zero-order valence-electron chi connectivity index (χ0n) is 9.37. The molecule has 0 fully saturated rings. The number of aromatic nitrogens is 2. The van der Waals surface area contributed by atoms with Crippen LogP contribution in [0.5, 0.6) is 0 Å². The summed E-state index contributed by atoms with van der Waals surface area (Å²) in [5.41, 5.74) is 6.91. The quantitative estimate of drug-likeness (QED) is 0.792. The van der Waals surface area contributed by atoms with Crippen LogP contribution in [0.2, 0.25) is 0 Å². The summed E-state index contributed by atoms with van der Waals surface area (Å²) < 4.78 is 7.04. The van der Waals surface area contributed by atoms with Crippen LogP contribution < -0.4 is 5.73 Å². The molecular formula is C10H19N3O. The van der Waals surface area contributed by atoms with E-state index in [1.54, 1.807) is 7.11 Å². The van der Waals surface area contributed by atoms with Gasteiger partial charge < -0.3 is 15.0 Å². The van der Waals surface area contributed by atoms with E-state index in [1.165, 1.54) is 0 Å². The number of aryl methyl sites for hydroxylation is 1. The Hall–Kier alpha value is -1.03. The molecule has 0 amide bonds. The molecule has 4 nitrogen and oxygen atoms in total. The van der Waals surface area contributed by atoms with Crippen LogP contribution in [-0.4, -0.2) is 23.3 Å². The molecule has 1 heterocycles. The van der Waals surface area contributed by atoms with Crippen molar-refractivity contribution < 1.29 is 4.74 Å². The van der Waals surface area contributed by atoms with Crippen molar-refractivity contribution in [1.82, 2.24) is 9.55 Å². The summed E-state index contributed by atoms with van der Waals surface area (Å²) in [7, 11) is 3.64. The molecule has 2 N–H and O–H groups in total. The lowest BCUT2D eigenvalue weighted by Crippen LogP contribution is -2.06. The first kappa shape index (κ1) is 11.0. The van der Waals surface area contributed by atoms with Crippen molar-refractivity contribution in [3.63, 3.8) is 0 Å². The number of methoxy groups -OCH3 is 1. The second kappa shape index (κ2) is 4.46. The van der Waals surface area contributed by atoms with Crippen LogP contribution in [-0.2, 0) is 18.2 Å². The molecule has 0 bridgehead atoms. The van der Waals surface area contributed by atoms with Crippen LogP contribution in [0.4, 0.5) is 5.82 Å². The molecular weight excluding hydrogens is 178 g/mol. The van der Waals surface area contributed by atoms with E-state index >= 15 is 0 Å². The zero-order valence-corrected chi connectivity index (χ0v) is 9.37. The van der Waals surface area contributed by atoms with E-state index < -0.39 is 0 Å². The van der Waals surface area contributed by atoms with E-state index in [2.05, 4.69) is 18.8 Å². The van der Waals surface area contributed by atoms with Gasteiger partial charge in [-0.05, 0) is 0 Å². The van der Waals surface area contributed by atoms with Gasteiger partial charge in [0, 0.05) is 26.5 Å². The minimum atomic E-state index is 0.256. The third-order valence-electron chi connectivity index (χ3n) is 2.46. The van der Waals surface area contributed by atoms with Gasteiger partial charge in [-0.25, -0.2) is 4.98 Å². The minimum absolute atomic E-state index is 0.256. The van der Waals surface area contributed by atoms with Crippen LogP contribution in [0.1, 0.15) is 31.3 Å². The molecule has 4 heteroatoms. The fourth-order valence-corrected chi connectivity index (χ4v) is 1.59. The molecule has 80 valence electrons. The molecule has 1 aromatic heterocycles. The lowest BCUT2D eigenvalue weighted by molar-refractivity contribution is 0.183. The van der Waals surface area contributed by atoms with Crippen LogP contribution in [0, 0.1) is 0 Å². The van der Waals surface area contributed by atoms with Gasteiger partial charge in [0.1, 0.15) is 11.6 Å². The highest BCUT2D eigenvalue weighted by Crippen LogP contribution is 2.22. The van der Waals surface area contributed by atoms with Gasteiger partial charge in [-0.3, -0.25) is 0 Å². The highest BCUT2D eigenvalue weighted by molar-refractivity contribution is 5.40. The van der Waals surface area contributed by atoms with E-state index in [0.717, 1.165) is 23.8 Å². The number of anilines is 1. The molecule has 0 spiro atoms. The van der Waals surface area contributed by atoms with Crippen molar-refractivity contribution in [2.45, 2.75) is 26.2 Å². The second-order valence-corrected chi connectivity index (χ2v) is 3.57. The van der Waals surface area contributed by atoms with Crippen molar-refractivity contribution in [1.29, 1.82) is 0 Å². The third-order valence-corrected chi connectivity index (χ3v) is 2.46. The largest absolute Gasteiger partial charge is 0.384 e. The van der Waals surface area contributed by atoms with Gasteiger partial charge in [-0.1, -0.05) is 13.8 Å². The maximum absolute atomic E-state index is 5.96. The summed E-state index contributed by atoms with van der Waals surface area (Å²) >= 11 is 0. The molecule has 0 aliphatic heterocycles. The van der Waals surface area contributed by atoms with E-state index in [-0.39, 0.29) is 5.92 Å². The molecule has 0 saturated heterocycles. The zero-order chi connectivity index (χ0) is 10.7. The Morgan fingerprint density at radius 2 is 2.21 bits per heavy atom. The lowest BCUT2D eigenvalue weighted by atomic mass is 10.1. The maximum atomic E-state index is 5.96. The molecule has 1 atom stereocenters. The number of imidazole rings is 1. The van der Waals surface area contributed by atoms with Crippen molar-refractivity contribution >= 4 is 5.82 Å². The first-order chi connectivity index (χ1) is 6.61. The van der Waals surface area contributed by atoms with Crippen molar-refractivity contribution in [2.24, 2.45) is 7.05 Å². The second-order valence-electron chi connectivity index (χ2n) is 3.57. The maximum Gasteiger partial charge on any atom is 0.126 e. The van der Waals surface area contributed by atoms with Gasteiger partial charge in [0.05, 0.1) is 12.3 Å². The van der Waals surface area contributed by atoms with Crippen molar-refractivity contribution in [3.05, 3.63) is 11.5 Å². The Labute approximate surface area is 85.1 Å². The van der Waals surface area contributed by atoms with Gasteiger partial charge in [0.2, 0.25) is 0 Å². The standard InChI is InChI=1S/C10H19N3O/c1-5-8-12-9(7(2)6-14-4)10(11)13(8)3/h7H,5-6,11H2,1-4H3. The van der Waals surface area contributed by atoms with Crippen LogP contribution in [0.15, 0.2) is 0 Å². The van der Waals surface area contributed by atoms with E-state index in [9.17, 15) is 0 Å². The van der Waals surface area contributed by atoms with Crippen molar-refractivity contribution in [3.8, 4) is 0 Å². The van der Waals surface area contributed by atoms with E-state index in [1.807, 2.05) is 11.6 Å². The molecule has 0 aliphatic rings. The fraction of sp³-hybridized carbons (Fsp3) is 0.700. The molecule has 0 aliphatic carbocycles. The summed E-state index contributed by atoms with van der Waals surface area (Å²) in [4.78, 5) is 4.50. The summed E-state index contributed by atoms with van der Waals surface area (Å²) in [6.45, 7) is 4.80. The molecule has 0 radical (unpaired) electrons. The van der Waals surface area contributed by atoms with E-state index in [4.69, 9.17) is 10.5 Å². The summed E-state index contributed by atoms with van der Waals surface area (Å²) in [5.74, 6) is 2.04. The predicted octanol–water partition coefficient (Wildman–Crippen LogP) is 1.31. The first-order valence-corrected chi connectivity index (χ1v) is 4.91. The average molecular weight is 197 g/mol. The monoisotopic (exact) mass is 197 g/mol. The normalized spacial score (nSPS) is 13.1. The molecule has 0 aromatic carbocycles. The lowest BCUT2D eigenvalue weighted by Gasteiger charge is -2.07.